The van der Waals surface area contributed by atoms with Crippen molar-refractivity contribution in [2.24, 2.45) is 0 Å². The lowest BCUT2D eigenvalue weighted by Crippen LogP contribution is -2.45. The van der Waals surface area contributed by atoms with Crippen LogP contribution >= 0.6 is 0 Å². The molecule has 0 aromatic heterocycles. The lowest BCUT2D eigenvalue weighted by atomic mass is 9.92. The van der Waals surface area contributed by atoms with Crippen molar-refractivity contribution < 1.29 is 14.3 Å². The van der Waals surface area contributed by atoms with Crippen LogP contribution in [-0.4, -0.2) is 26.3 Å². The Kier molecular flexibility index (Phi) is 4.64. The molecule has 1 heterocycles. The van der Waals surface area contributed by atoms with Gasteiger partial charge in [-0.15, -0.1) is 0 Å². The first-order valence-electron chi connectivity index (χ1n) is 7.72. The van der Waals surface area contributed by atoms with Crippen LogP contribution in [0.15, 0.2) is 30.3 Å². The largest absolute Gasteiger partial charge is 0.414 e. The average molecular weight is 308 g/mol. The van der Waals surface area contributed by atoms with Crippen molar-refractivity contribution in [1.82, 2.24) is 0 Å². The highest BCUT2D eigenvalue weighted by Crippen LogP contribution is 2.42. The van der Waals surface area contributed by atoms with E-state index in [4.69, 9.17) is 9.16 Å². The van der Waals surface area contributed by atoms with Crippen molar-refractivity contribution in [1.29, 1.82) is 0 Å². The van der Waals surface area contributed by atoms with Gasteiger partial charge in [0.05, 0.1) is 6.61 Å². The van der Waals surface area contributed by atoms with E-state index in [-0.39, 0.29) is 5.04 Å². The molecule has 1 unspecified atom stereocenters. The molecule has 1 aliphatic rings. The number of hydrogen-bond acceptors (Lipinski definition) is 3. The summed E-state index contributed by atoms with van der Waals surface area (Å²) in [5.41, 5.74) is 0.594. The monoisotopic (exact) mass is 308 g/mol. The zero-order chi connectivity index (χ0) is 15.7. The molecule has 0 bridgehead atoms. The van der Waals surface area contributed by atoms with Gasteiger partial charge in [0.25, 0.3) is 0 Å². The van der Waals surface area contributed by atoms with Gasteiger partial charge < -0.3 is 14.3 Å². The maximum Gasteiger partial charge on any atom is 0.192 e. The second kappa shape index (κ2) is 5.84. The van der Waals surface area contributed by atoms with Gasteiger partial charge >= 0.3 is 0 Å². The Hall–Kier alpha value is -0.683. The number of aliphatic hydroxyl groups is 1. The van der Waals surface area contributed by atoms with Crippen LogP contribution in [0.1, 0.15) is 39.2 Å². The Labute approximate surface area is 129 Å². The van der Waals surface area contributed by atoms with Crippen LogP contribution in [0.25, 0.3) is 0 Å². The number of ether oxygens (including phenoxy) is 1. The maximum absolute atomic E-state index is 9.85. The predicted molar refractivity (Wildman–Crippen MR) is 87.6 cm³/mol. The van der Waals surface area contributed by atoms with E-state index in [0.717, 1.165) is 12.0 Å². The molecule has 21 heavy (non-hydrogen) atoms. The van der Waals surface area contributed by atoms with Crippen LogP contribution in [0.4, 0.5) is 0 Å². The van der Waals surface area contributed by atoms with Crippen LogP contribution in [-0.2, 0) is 14.8 Å². The van der Waals surface area contributed by atoms with Crippen LogP contribution < -0.4 is 0 Å². The van der Waals surface area contributed by atoms with Crippen LogP contribution in [0.5, 0.6) is 0 Å². The third kappa shape index (κ3) is 3.56. The Balaban J connectivity index is 2.20. The summed E-state index contributed by atoms with van der Waals surface area (Å²) in [6.45, 7) is 11.7. The molecular weight excluding hydrogens is 280 g/mol. The van der Waals surface area contributed by atoms with E-state index in [0.29, 0.717) is 13.0 Å². The van der Waals surface area contributed by atoms with Crippen LogP contribution in [0.3, 0.4) is 0 Å². The van der Waals surface area contributed by atoms with E-state index >= 15 is 0 Å². The summed E-state index contributed by atoms with van der Waals surface area (Å²) in [6.07, 6.45) is 0.774. The maximum atomic E-state index is 9.85. The second-order valence-corrected chi connectivity index (χ2v) is 12.3. The summed E-state index contributed by atoms with van der Waals surface area (Å²) >= 11 is 0. The fraction of sp³-hybridized carbons (Fsp3) is 0.647. The van der Waals surface area contributed by atoms with Gasteiger partial charge in [0.15, 0.2) is 14.6 Å². The van der Waals surface area contributed by atoms with Gasteiger partial charge in [-0.25, -0.2) is 0 Å². The molecule has 0 spiro atoms. The molecule has 2 rings (SSSR count). The Morgan fingerprint density at radius 2 is 1.90 bits per heavy atom. The summed E-state index contributed by atoms with van der Waals surface area (Å²) in [4.78, 5) is 0. The van der Waals surface area contributed by atoms with E-state index in [9.17, 15) is 5.11 Å². The summed E-state index contributed by atoms with van der Waals surface area (Å²) in [5.74, 6) is 0. The van der Waals surface area contributed by atoms with E-state index in [1.165, 1.54) is 0 Å². The highest BCUT2D eigenvalue weighted by atomic mass is 28.4. The molecule has 0 amide bonds. The van der Waals surface area contributed by atoms with Crippen molar-refractivity contribution in [2.45, 2.75) is 63.6 Å². The predicted octanol–water partition coefficient (Wildman–Crippen LogP) is 4.03. The number of benzene rings is 1. The molecule has 1 aromatic carbocycles. The van der Waals surface area contributed by atoms with Crippen molar-refractivity contribution >= 4 is 8.32 Å². The Morgan fingerprint density at radius 3 is 2.38 bits per heavy atom. The fourth-order valence-corrected chi connectivity index (χ4v) is 3.42. The van der Waals surface area contributed by atoms with E-state index < -0.39 is 20.2 Å². The summed E-state index contributed by atoms with van der Waals surface area (Å²) in [7, 11) is -1.84. The molecule has 1 fully saturated rings. The molecule has 118 valence electrons. The zero-order valence-corrected chi connectivity index (χ0v) is 14.8. The van der Waals surface area contributed by atoms with Gasteiger partial charge in [0, 0.05) is 6.42 Å². The minimum Gasteiger partial charge on any atom is -0.414 e. The van der Waals surface area contributed by atoms with Gasteiger partial charge in [0.2, 0.25) is 0 Å². The molecule has 0 saturated carbocycles. The SMILES string of the molecule is CC(C)(C)[Si](C)(C)OC[C@]1(c2ccccc2)CCC(O)O1. The first-order valence-corrected chi connectivity index (χ1v) is 10.6. The lowest BCUT2D eigenvalue weighted by Gasteiger charge is -2.39. The highest BCUT2D eigenvalue weighted by Gasteiger charge is 2.45. The molecule has 1 saturated heterocycles. The smallest absolute Gasteiger partial charge is 0.192 e. The molecule has 1 aromatic rings. The Bertz CT molecular complexity index is 467. The van der Waals surface area contributed by atoms with Crippen molar-refractivity contribution in [3.63, 3.8) is 0 Å². The van der Waals surface area contributed by atoms with Crippen molar-refractivity contribution in [3.05, 3.63) is 35.9 Å². The van der Waals surface area contributed by atoms with E-state index in [1.54, 1.807) is 0 Å². The standard InChI is InChI=1S/C17H28O3Si/c1-16(2,3)21(4,5)19-13-17(12-11-15(18)20-17)14-9-7-6-8-10-14/h6-10,15,18H,11-13H2,1-5H3/t15?,17-/m0/s1. The normalized spacial score (nSPS) is 27.0. The number of aliphatic hydroxyl groups excluding tert-OH is 1. The van der Waals surface area contributed by atoms with Crippen LogP contribution in [0, 0.1) is 0 Å². The molecule has 1 aliphatic heterocycles. The third-order valence-corrected chi connectivity index (χ3v) is 9.41. The van der Waals surface area contributed by atoms with Gasteiger partial charge in [-0.3, -0.25) is 0 Å². The minimum atomic E-state index is -1.84. The lowest BCUT2D eigenvalue weighted by molar-refractivity contribution is -0.154. The topological polar surface area (TPSA) is 38.7 Å². The summed E-state index contributed by atoms with van der Waals surface area (Å²) in [6, 6.07) is 10.1. The molecule has 3 nitrogen and oxygen atoms in total. The first kappa shape index (κ1) is 16.7. The molecule has 2 atom stereocenters. The molecule has 0 aliphatic carbocycles. The molecule has 1 N–H and O–H groups in total. The molecule has 0 radical (unpaired) electrons. The summed E-state index contributed by atoms with van der Waals surface area (Å²) in [5, 5.41) is 10.0. The van der Waals surface area contributed by atoms with Gasteiger partial charge in [0.1, 0.15) is 5.60 Å². The van der Waals surface area contributed by atoms with Crippen molar-refractivity contribution in [2.75, 3.05) is 6.61 Å². The van der Waals surface area contributed by atoms with Crippen molar-refractivity contribution in [3.8, 4) is 0 Å². The van der Waals surface area contributed by atoms with Gasteiger partial charge in [-0.1, -0.05) is 51.1 Å². The third-order valence-electron chi connectivity index (χ3n) is 4.93. The highest BCUT2D eigenvalue weighted by molar-refractivity contribution is 6.74. The zero-order valence-electron chi connectivity index (χ0n) is 13.8. The van der Waals surface area contributed by atoms with Gasteiger partial charge in [-0.2, -0.15) is 0 Å². The van der Waals surface area contributed by atoms with E-state index in [2.05, 4.69) is 46.0 Å². The molecular formula is C17H28O3Si. The Morgan fingerprint density at radius 1 is 1.29 bits per heavy atom. The van der Waals surface area contributed by atoms with Crippen LogP contribution in [0.2, 0.25) is 18.1 Å². The minimum absolute atomic E-state index is 0.169. The first-order chi connectivity index (χ1) is 9.66. The number of rotatable bonds is 4. The number of hydrogen-bond donors (Lipinski definition) is 1. The van der Waals surface area contributed by atoms with E-state index in [1.807, 2.05) is 18.2 Å². The summed E-state index contributed by atoms with van der Waals surface area (Å²) < 4.78 is 12.3. The quantitative estimate of drug-likeness (QED) is 0.853. The second-order valence-electron chi connectivity index (χ2n) is 7.52. The van der Waals surface area contributed by atoms with Gasteiger partial charge in [-0.05, 0) is 30.1 Å². The average Bonchev–Trinajstić information content (AvgIpc) is 2.79. The fourth-order valence-electron chi connectivity index (χ4n) is 2.39. The molecule has 4 heteroatoms.